The standard InChI is InChI=1S/C9H17NO/c1-11-6-8-9(7-10-8)4-2-3-5-9/h8,10H,2-7H2,1H3. The largest absolute Gasteiger partial charge is 0.383 e. The molecule has 1 saturated carbocycles. The molecule has 0 aromatic heterocycles. The lowest BCUT2D eigenvalue weighted by Gasteiger charge is -2.48. The van der Waals surface area contributed by atoms with Gasteiger partial charge in [-0.1, -0.05) is 12.8 Å². The lowest BCUT2D eigenvalue weighted by Crippen LogP contribution is -2.63. The Labute approximate surface area is 68.3 Å². The minimum absolute atomic E-state index is 0.649. The molecule has 0 radical (unpaired) electrons. The third kappa shape index (κ3) is 1.09. The van der Waals surface area contributed by atoms with Gasteiger partial charge in [-0.05, 0) is 12.8 Å². The van der Waals surface area contributed by atoms with E-state index in [1.807, 2.05) is 0 Å². The van der Waals surface area contributed by atoms with Gasteiger partial charge in [0.2, 0.25) is 0 Å². The maximum atomic E-state index is 5.17. The van der Waals surface area contributed by atoms with E-state index < -0.39 is 0 Å². The number of ether oxygens (including phenoxy) is 1. The molecular weight excluding hydrogens is 138 g/mol. The third-order valence-corrected chi connectivity index (χ3v) is 3.37. The SMILES string of the molecule is COCC1NCC12CCCC2. The molecule has 1 spiro atoms. The second-order valence-corrected chi connectivity index (χ2v) is 3.96. The highest BCUT2D eigenvalue weighted by atomic mass is 16.5. The summed E-state index contributed by atoms with van der Waals surface area (Å²) in [5.41, 5.74) is 0.649. The van der Waals surface area contributed by atoms with Crippen LogP contribution in [0.4, 0.5) is 0 Å². The molecule has 0 aromatic carbocycles. The van der Waals surface area contributed by atoms with E-state index in [1.165, 1.54) is 32.2 Å². The van der Waals surface area contributed by atoms with Gasteiger partial charge in [-0.25, -0.2) is 0 Å². The first-order valence-electron chi connectivity index (χ1n) is 4.60. The Morgan fingerprint density at radius 1 is 1.45 bits per heavy atom. The fourth-order valence-electron chi connectivity index (χ4n) is 2.54. The first kappa shape index (κ1) is 7.56. The molecule has 1 saturated heterocycles. The average Bonchev–Trinajstić information content (AvgIpc) is 2.48. The van der Waals surface area contributed by atoms with Gasteiger partial charge in [-0.15, -0.1) is 0 Å². The van der Waals surface area contributed by atoms with Gasteiger partial charge in [0.1, 0.15) is 0 Å². The molecule has 2 nitrogen and oxygen atoms in total. The summed E-state index contributed by atoms with van der Waals surface area (Å²) in [5.74, 6) is 0. The van der Waals surface area contributed by atoms with Crippen molar-refractivity contribution in [3.63, 3.8) is 0 Å². The highest BCUT2D eigenvalue weighted by Crippen LogP contribution is 2.45. The van der Waals surface area contributed by atoms with Gasteiger partial charge in [0, 0.05) is 25.1 Å². The summed E-state index contributed by atoms with van der Waals surface area (Å²) in [6.07, 6.45) is 5.71. The van der Waals surface area contributed by atoms with E-state index in [4.69, 9.17) is 4.74 Å². The maximum absolute atomic E-state index is 5.17. The molecular formula is C9H17NO. The van der Waals surface area contributed by atoms with E-state index in [2.05, 4.69) is 5.32 Å². The maximum Gasteiger partial charge on any atom is 0.0621 e. The van der Waals surface area contributed by atoms with Crippen molar-refractivity contribution in [2.24, 2.45) is 5.41 Å². The Morgan fingerprint density at radius 3 is 2.64 bits per heavy atom. The van der Waals surface area contributed by atoms with E-state index >= 15 is 0 Å². The van der Waals surface area contributed by atoms with E-state index in [0.717, 1.165) is 6.61 Å². The third-order valence-electron chi connectivity index (χ3n) is 3.37. The fraction of sp³-hybridized carbons (Fsp3) is 1.00. The molecule has 0 bridgehead atoms. The van der Waals surface area contributed by atoms with Crippen LogP contribution in [-0.2, 0) is 4.74 Å². The highest BCUT2D eigenvalue weighted by molar-refractivity contribution is 5.03. The Hall–Kier alpha value is -0.0800. The molecule has 1 aliphatic heterocycles. The van der Waals surface area contributed by atoms with Crippen molar-refractivity contribution in [1.82, 2.24) is 5.32 Å². The van der Waals surface area contributed by atoms with Gasteiger partial charge in [0.05, 0.1) is 6.61 Å². The molecule has 2 aliphatic rings. The van der Waals surface area contributed by atoms with Crippen LogP contribution in [0.1, 0.15) is 25.7 Å². The van der Waals surface area contributed by atoms with Crippen molar-refractivity contribution in [3.8, 4) is 0 Å². The smallest absolute Gasteiger partial charge is 0.0621 e. The monoisotopic (exact) mass is 155 g/mol. The van der Waals surface area contributed by atoms with Gasteiger partial charge < -0.3 is 10.1 Å². The molecule has 0 aromatic rings. The highest BCUT2D eigenvalue weighted by Gasteiger charge is 2.47. The quantitative estimate of drug-likeness (QED) is 0.646. The number of rotatable bonds is 2. The predicted octanol–water partition coefficient (Wildman–Crippen LogP) is 1.16. The van der Waals surface area contributed by atoms with Gasteiger partial charge in [-0.2, -0.15) is 0 Å². The molecule has 1 N–H and O–H groups in total. The first-order valence-corrected chi connectivity index (χ1v) is 4.60. The topological polar surface area (TPSA) is 21.3 Å². The zero-order chi connectivity index (χ0) is 7.73. The predicted molar refractivity (Wildman–Crippen MR) is 44.6 cm³/mol. The Balaban J connectivity index is 1.92. The van der Waals surface area contributed by atoms with Crippen molar-refractivity contribution in [2.45, 2.75) is 31.7 Å². The summed E-state index contributed by atoms with van der Waals surface area (Å²) in [7, 11) is 1.79. The number of hydrogen-bond donors (Lipinski definition) is 1. The molecule has 0 amide bonds. The van der Waals surface area contributed by atoms with Crippen molar-refractivity contribution in [2.75, 3.05) is 20.3 Å². The molecule has 1 aliphatic carbocycles. The molecule has 64 valence electrons. The second-order valence-electron chi connectivity index (χ2n) is 3.96. The number of hydrogen-bond acceptors (Lipinski definition) is 2. The Morgan fingerprint density at radius 2 is 2.18 bits per heavy atom. The van der Waals surface area contributed by atoms with Crippen molar-refractivity contribution < 1.29 is 4.74 Å². The van der Waals surface area contributed by atoms with Crippen LogP contribution < -0.4 is 5.32 Å². The zero-order valence-corrected chi connectivity index (χ0v) is 7.23. The Bertz CT molecular complexity index is 140. The van der Waals surface area contributed by atoms with E-state index in [1.54, 1.807) is 7.11 Å². The minimum Gasteiger partial charge on any atom is -0.383 e. The summed E-state index contributed by atoms with van der Waals surface area (Å²) in [6, 6.07) is 0.662. The molecule has 2 heteroatoms. The van der Waals surface area contributed by atoms with Gasteiger partial charge in [0.15, 0.2) is 0 Å². The van der Waals surface area contributed by atoms with E-state index in [9.17, 15) is 0 Å². The first-order chi connectivity index (χ1) is 5.37. The van der Waals surface area contributed by atoms with E-state index in [-0.39, 0.29) is 0 Å². The van der Waals surface area contributed by atoms with Crippen LogP contribution in [0.25, 0.3) is 0 Å². The van der Waals surface area contributed by atoms with Crippen LogP contribution in [0, 0.1) is 5.41 Å². The van der Waals surface area contributed by atoms with E-state index in [0.29, 0.717) is 11.5 Å². The molecule has 2 rings (SSSR count). The summed E-state index contributed by atoms with van der Waals surface area (Å²) in [5, 5.41) is 3.45. The van der Waals surface area contributed by atoms with Crippen LogP contribution in [0.3, 0.4) is 0 Å². The minimum atomic E-state index is 0.649. The summed E-state index contributed by atoms with van der Waals surface area (Å²) in [6.45, 7) is 2.14. The summed E-state index contributed by atoms with van der Waals surface area (Å²) >= 11 is 0. The summed E-state index contributed by atoms with van der Waals surface area (Å²) < 4.78 is 5.17. The normalized spacial score (nSPS) is 34.1. The molecule has 1 unspecified atom stereocenters. The fourth-order valence-corrected chi connectivity index (χ4v) is 2.54. The van der Waals surface area contributed by atoms with Crippen molar-refractivity contribution >= 4 is 0 Å². The molecule has 1 heterocycles. The lowest BCUT2D eigenvalue weighted by molar-refractivity contribution is 0.0240. The number of nitrogens with one attached hydrogen (secondary N) is 1. The van der Waals surface area contributed by atoms with Crippen LogP contribution in [0.15, 0.2) is 0 Å². The van der Waals surface area contributed by atoms with Gasteiger partial charge in [0.25, 0.3) is 0 Å². The van der Waals surface area contributed by atoms with Crippen LogP contribution in [0.2, 0.25) is 0 Å². The summed E-state index contributed by atoms with van der Waals surface area (Å²) in [4.78, 5) is 0. The van der Waals surface area contributed by atoms with Gasteiger partial charge in [-0.3, -0.25) is 0 Å². The van der Waals surface area contributed by atoms with Crippen LogP contribution in [0.5, 0.6) is 0 Å². The Kier molecular flexibility index (Phi) is 1.90. The van der Waals surface area contributed by atoms with Crippen LogP contribution >= 0.6 is 0 Å². The van der Waals surface area contributed by atoms with Crippen molar-refractivity contribution in [1.29, 1.82) is 0 Å². The van der Waals surface area contributed by atoms with Gasteiger partial charge >= 0.3 is 0 Å². The second kappa shape index (κ2) is 2.76. The zero-order valence-electron chi connectivity index (χ0n) is 7.23. The van der Waals surface area contributed by atoms with Crippen LogP contribution in [-0.4, -0.2) is 26.3 Å². The number of methoxy groups -OCH3 is 1. The molecule has 2 fully saturated rings. The average molecular weight is 155 g/mol. The lowest BCUT2D eigenvalue weighted by atomic mass is 9.72. The van der Waals surface area contributed by atoms with Crippen molar-refractivity contribution in [3.05, 3.63) is 0 Å². The molecule has 11 heavy (non-hydrogen) atoms. The molecule has 1 atom stereocenters.